The van der Waals surface area contributed by atoms with Crippen LogP contribution in [0.1, 0.15) is 5.82 Å². The van der Waals surface area contributed by atoms with E-state index in [9.17, 15) is 9.59 Å². The van der Waals surface area contributed by atoms with Gasteiger partial charge in [0, 0.05) is 38.3 Å². The molecule has 0 bridgehead atoms. The predicted molar refractivity (Wildman–Crippen MR) is 97.5 cm³/mol. The number of aromatic nitrogens is 5. The lowest BCUT2D eigenvalue weighted by Gasteiger charge is -2.10. The minimum Gasteiger partial charge on any atom is -0.391 e. The van der Waals surface area contributed by atoms with Gasteiger partial charge in [-0.15, -0.1) is 0 Å². The number of hydrogen-bond donors (Lipinski definition) is 1. The van der Waals surface area contributed by atoms with Crippen molar-refractivity contribution in [1.29, 1.82) is 0 Å². The van der Waals surface area contributed by atoms with Crippen LogP contribution in [0.25, 0.3) is 11.4 Å². The fourth-order valence-electron chi connectivity index (χ4n) is 2.24. The molecule has 0 saturated heterocycles. The molecule has 3 aromatic heterocycles. The van der Waals surface area contributed by atoms with Crippen molar-refractivity contribution in [2.45, 2.75) is 6.42 Å². The van der Waals surface area contributed by atoms with Crippen LogP contribution in [0.2, 0.25) is 5.15 Å². The number of nitrogens with one attached hydrogen (secondary N) is 1. The second kappa shape index (κ2) is 8.37. The lowest BCUT2D eigenvalue weighted by molar-refractivity contribution is 0.198. The van der Waals surface area contributed by atoms with Crippen LogP contribution in [0.3, 0.4) is 0 Å². The quantitative estimate of drug-likeness (QED) is 0.663. The molecular weight excluding hydrogens is 372 g/mol. The van der Waals surface area contributed by atoms with Gasteiger partial charge in [0.15, 0.2) is 0 Å². The Morgan fingerprint density at radius 3 is 2.85 bits per heavy atom. The molecular formula is C17H15ClN6O3. The van der Waals surface area contributed by atoms with E-state index in [-0.39, 0.29) is 23.1 Å². The molecule has 1 N–H and O–H groups in total. The Kier molecular flexibility index (Phi) is 5.72. The van der Waals surface area contributed by atoms with Crippen molar-refractivity contribution in [2.24, 2.45) is 7.05 Å². The van der Waals surface area contributed by atoms with Crippen molar-refractivity contribution in [3.05, 3.63) is 64.2 Å². The van der Waals surface area contributed by atoms with Gasteiger partial charge in [-0.1, -0.05) is 17.7 Å². The summed E-state index contributed by atoms with van der Waals surface area (Å²) in [5.74, 6) is 0.591. The number of amides is 1. The Balaban J connectivity index is 1.64. The van der Waals surface area contributed by atoms with Gasteiger partial charge in [-0.2, -0.15) is 0 Å². The molecule has 9 nitrogen and oxygen atoms in total. The Morgan fingerprint density at radius 2 is 2.11 bits per heavy atom. The fourth-order valence-corrected chi connectivity index (χ4v) is 2.39. The van der Waals surface area contributed by atoms with E-state index in [0.29, 0.717) is 23.6 Å². The van der Waals surface area contributed by atoms with E-state index >= 15 is 0 Å². The molecule has 3 aromatic rings. The summed E-state index contributed by atoms with van der Waals surface area (Å²) in [7, 11) is 1.61. The fraction of sp³-hybridized carbons (Fsp3) is 0.176. The molecule has 0 unspecified atom stereocenters. The van der Waals surface area contributed by atoms with Gasteiger partial charge < -0.3 is 10.1 Å². The summed E-state index contributed by atoms with van der Waals surface area (Å²) < 4.78 is 6.44. The van der Waals surface area contributed by atoms with Crippen LogP contribution in [-0.4, -0.2) is 37.1 Å². The minimum absolute atomic E-state index is 0.0938. The number of halogens is 1. The van der Waals surface area contributed by atoms with Gasteiger partial charge in [-0.25, -0.2) is 24.7 Å². The molecule has 138 valence electrons. The second-order valence-corrected chi connectivity index (χ2v) is 5.80. The molecule has 0 aliphatic carbocycles. The van der Waals surface area contributed by atoms with Crippen molar-refractivity contribution in [1.82, 2.24) is 29.8 Å². The van der Waals surface area contributed by atoms with E-state index < -0.39 is 6.09 Å². The summed E-state index contributed by atoms with van der Waals surface area (Å²) >= 11 is 5.74. The largest absolute Gasteiger partial charge is 0.413 e. The molecule has 3 rings (SSSR count). The molecule has 0 aliphatic rings. The van der Waals surface area contributed by atoms with Crippen LogP contribution in [0.5, 0.6) is 5.88 Å². The SMILES string of the molecule is Cn1c(CCNC(=O)Oc2cccc(Cl)n2)nc(-c2ccncn2)cc1=O. The summed E-state index contributed by atoms with van der Waals surface area (Å²) in [6, 6.07) is 7.78. The number of carbonyl (C=O) groups excluding carboxylic acids is 1. The monoisotopic (exact) mass is 386 g/mol. The van der Waals surface area contributed by atoms with Crippen molar-refractivity contribution in [3.63, 3.8) is 0 Å². The third-order valence-electron chi connectivity index (χ3n) is 3.58. The number of rotatable bonds is 5. The highest BCUT2D eigenvalue weighted by atomic mass is 35.5. The normalized spacial score (nSPS) is 10.4. The summed E-state index contributed by atoms with van der Waals surface area (Å²) in [5.41, 5.74) is 0.767. The molecule has 27 heavy (non-hydrogen) atoms. The van der Waals surface area contributed by atoms with Crippen LogP contribution >= 0.6 is 11.6 Å². The van der Waals surface area contributed by atoms with Crippen molar-refractivity contribution in [2.75, 3.05) is 6.54 Å². The summed E-state index contributed by atoms with van der Waals surface area (Å²) in [6.07, 6.45) is 2.60. The summed E-state index contributed by atoms with van der Waals surface area (Å²) in [6.45, 7) is 0.215. The second-order valence-electron chi connectivity index (χ2n) is 5.41. The molecule has 0 spiro atoms. The third kappa shape index (κ3) is 4.85. The predicted octanol–water partition coefficient (Wildman–Crippen LogP) is 1.62. The highest BCUT2D eigenvalue weighted by Crippen LogP contribution is 2.12. The zero-order valence-electron chi connectivity index (χ0n) is 14.3. The van der Waals surface area contributed by atoms with Gasteiger partial charge in [0.05, 0.1) is 11.4 Å². The summed E-state index contributed by atoms with van der Waals surface area (Å²) in [5, 5.41) is 2.80. The Labute approximate surface area is 159 Å². The van der Waals surface area contributed by atoms with Crippen molar-refractivity contribution in [3.8, 4) is 17.3 Å². The van der Waals surface area contributed by atoms with E-state index in [1.165, 1.54) is 23.0 Å². The van der Waals surface area contributed by atoms with Crippen LogP contribution in [0.15, 0.2) is 47.7 Å². The lowest BCUT2D eigenvalue weighted by atomic mass is 10.2. The van der Waals surface area contributed by atoms with Crippen LogP contribution in [-0.2, 0) is 13.5 Å². The zero-order chi connectivity index (χ0) is 19.2. The van der Waals surface area contributed by atoms with Gasteiger partial charge in [0.2, 0.25) is 5.88 Å². The number of nitrogens with zero attached hydrogens (tertiary/aromatic N) is 5. The maximum Gasteiger partial charge on any atom is 0.413 e. The van der Waals surface area contributed by atoms with E-state index in [0.717, 1.165) is 0 Å². The summed E-state index contributed by atoms with van der Waals surface area (Å²) in [4.78, 5) is 40.2. The van der Waals surface area contributed by atoms with E-state index in [4.69, 9.17) is 16.3 Å². The Hall–Kier alpha value is -3.33. The van der Waals surface area contributed by atoms with E-state index in [2.05, 4.69) is 25.3 Å². The standard InChI is InChI=1S/C17H15ClN6O3/c1-24-14(22-12(9-16(24)25)11-5-7-19-10-21-11)6-8-20-17(26)27-15-4-2-3-13(18)23-15/h2-5,7,9-10H,6,8H2,1H3,(H,20,26). The topological polar surface area (TPSA) is 112 Å². The van der Waals surface area contributed by atoms with Crippen molar-refractivity contribution >= 4 is 17.7 Å². The lowest BCUT2D eigenvalue weighted by Crippen LogP contribution is -2.31. The highest BCUT2D eigenvalue weighted by Gasteiger charge is 2.10. The minimum atomic E-state index is -0.679. The molecule has 0 atom stereocenters. The van der Waals surface area contributed by atoms with Gasteiger partial charge in [-0.05, 0) is 12.1 Å². The first-order valence-corrected chi connectivity index (χ1v) is 8.32. The first-order chi connectivity index (χ1) is 13.0. The smallest absolute Gasteiger partial charge is 0.391 e. The van der Waals surface area contributed by atoms with Gasteiger partial charge in [0.25, 0.3) is 5.56 Å². The Morgan fingerprint density at radius 1 is 1.26 bits per heavy atom. The third-order valence-corrected chi connectivity index (χ3v) is 3.79. The number of pyridine rings is 1. The van der Waals surface area contributed by atoms with Crippen LogP contribution < -0.4 is 15.6 Å². The van der Waals surface area contributed by atoms with Crippen LogP contribution in [0.4, 0.5) is 4.79 Å². The first-order valence-electron chi connectivity index (χ1n) is 7.94. The zero-order valence-corrected chi connectivity index (χ0v) is 15.1. The molecule has 0 aliphatic heterocycles. The molecule has 1 amide bonds. The average molecular weight is 387 g/mol. The number of hydrogen-bond acceptors (Lipinski definition) is 7. The average Bonchev–Trinajstić information content (AvgIpc) is 2.65. The highest BCUT2D eigenvalue weighted by molar-refractivity contribution is 6.29. The molecule has 0 fully saturated rings. The van der Waals surface area contributed by atoms with Gasteiger partial charge in [0.1, 0.15) is 17.3 Å². The molecule has 3 heterocycles. The molecule has 0 radical (unpaired) electrons. The maximum atomic E-state index is 12.2. The first kappa shape index (κ1) is 18.5. The molecule has 0 saturated carbocycles. The molecule has 0 aromatic carbocycles. The Bertz CT molecular complexity index is 1010. The van der Waals surface area contributed by atoms with Crippen LogP contribution in [0, 0.1) is 0 Å². The van der Waals surface area contributed by atoms with Gasteiger partial charge in [-0.3, -0.25) is 9.36 Å². The maximum absolute atomic E-state index is 12.2. The van der Waals surface area contributed by atoms with Crippen molar-refractivity contribution < 1.29 is 9.53 Å². The van der Waals surface area contributed by atoms with Gasteiger partial charge >= 0.3 is 6.09 Å². The molecule has 10 heteroatoms. The number of ether oxygens (including phenoxy) is 1. The van der Waals surface area contributed by atoms with E-state index in [1.54, 1.807) is 31.4 Å². The number of carbonyl (C=O) groups is 1. The van der Waals surface area contributed by atoms with E-state index in [1.807, 2.05) is 0 Å².